The fraction of sp³-hybridized carbons (Fsp3) is 0.385. The van der Waals surface area contributed by atoms with Crippen LogP contribution in [0.4, 0.5) is 10.5 Å². The van der Waals surface area contributed by atoms with E-state index in [-0.39, 0.29) is 24.1 Å². The lowest BCUT2D eigenvalue weighted by atomic mass is 10.1. The molecule has 1 saturated heterocycles. The smallest absolute Gasteiger partial charge is 0.415 e. The van der Waals surface area contributed by atoms with Gasteiger partial charge in [-0.25, -0.2) is 4.79 Å². The van der Waals surface area contributed by atoms with Gasteiger partial charge in [-0.1, -0.05) is 18.2 Å². The molecule has 94 valence electrons. The van der Waals surface area contributed by atoms with E-state index in [1.165, 1.54) is 6.92 Å². The summed E-state index contributed by atoms with van der Waals surface area (Å²) >= 11 is 0. The Labute approximate surface area is 105 Å². The second-order valence-electron chi connectivity index (χ2n) is 4.63. The zero-order valence-electron chi connectivity index (χ0n) is 10.1. The third kappa shape index (κ3) is 1.63. The summed E-state index contributed by atoms with van der Waals surface area (Å²) < 4.78 is 5.31. The van der Waals surface area contributed by atoms with Gasteiger partial charge < -0.3 is 10.1 Å². The molecule has 0 spiro atoms. The highest BCUT2D eigenvalue weighted by Crippen LogP contribution is 2.38. The quantitative estimate of drug-likeness (QED) is 0.849. The summed E-state index contributed by atoms with van der Waals surface area (Å²) in [5, 5.41) is 2.70. The number of cyclic esters (lactones) is 1. The summed E-state index contributed by atoms with van der Waals surface area (Å²) in [5.41, 5.74) is 2.09. The molecule has 2 heterocycles. The minimum Gasteiger partial charge on any atom is -0.442 e. The summed E-state index contributed by atoms with van der Waals surface area (Å²) in [6, 6.07) is 7.83. The third-order valence-electron chi connectivity index (χ3n) is 3.44. The van der Waals surface area contributed by atoms with Gasteiger partial charge in [0.25, 0.3) is 0 Å². The van der Waals surface area contributed by atoms with Crippen molar-refractivity contribution >= 4 is 17.7 Å². The van der Waals surface area contributed by atoms with Crippen LogP contribution >= 0.6 is 0 Å². The second kappa shape index (κ2) is 4.01. The molecule has 0 aromatic heterocycles. The number of nitrogens with one attached hydrogen (secondary N) is 1. The monoisotopic (exact) mass is 246 g/mol. The molecule has 2 atom stereocenters. The van der Waals surface area contributed by atoms with Gasteiger partial charge >= 0.3 is 6.09 Å². The van der Waals surface area contributed by atoms with Crippen molar-refractivity contribution in [3.8, 4) is 0 Å². The number of anilines is 1. The summed E-state index contributed by atoms with van der Waals surface area (Å²) in [6.45, 7) is 1.83. The molecule has 5 heteroatoms. The fourth-order valence-electron chi connectivity index (χ4n) is 2.63. The molecule has 0 saturated carbocycles. The lowest BCUT2D eigenvalue weighted by Crippen LogP contribution is -2.40. The highest BCUT2D eigenvalue weighted by molar-refractivity contribution is 5.93. The molecule has 1 fully saturated rings. The number of carbonyl (C=O) groups is 2. The van der Waals surface area contributed by atoms with Crippen LogP contribution < -0.4 is 10.2 Å². The SMILES string of the molecule is CC(=O)NC[C@@H]1OC(=O)N2c3ccccc3C[C@H]12. The number of fused-ring (bicyclic) bond motifs is 3. The topological polar surface area (TPSA) is 58.6 Å². The van der Waals surface area contributed by atoms with E-state index < -0.39 is 0 Å². The van der Waals surface area contributed by atoms with Crippen LogP contribution in [0, 0.1) is 0 Å². The van der Waals surface area contributed by atoms with Crippen molar-refractivity contribution in [2.45, 2.75) is 25.5 Å². The van der Waals surface area contributed by atoms with E-state index >= 15 is 0 Å². The fourth-order valence-corrected chi connectivity index (χ4v) is 2.63. The van der Waals surface area contributed by atoms with Gasteiger partial charge in [-0.3, -0.25) is 9.69 Å². The number of amides is 2. The second-order valence-corrected chi connectivity index (χ2v) is 4.63. The van der Waals surface area contributed by atoms with Gasteiger partial charge in [0.2, 0.25) is 5.91 Å². The van der Waals surface area contributed by atoms with Crippen molar-refractivity contribution in [1.82, 2.24) is 5.32 Å². The number of ether oxygens (including phenoxy) is 1. The van der Waals surface area contributed by atoms with Crippen LogP contribution in [0.25, 0.3) is 0 Å². The Morgan fingerprint density at radius 1 is 1.50 bits per heavy atom. The Hall–Kier alpha value is -2.04. The average Bonchev–Trinajstić information content (AvgIpc) is 2.85. The van der Waals surface area contributed by atoms with Crippen LogP contribution in [0.5, 0.6) is 0 Å². The Kier molecular flexibility index (Phi) is 2.47. The molecule has 5 nitrogen and oxygen atoms in total. The maximum absolute atomic E-state index is 11.9. The Morgan fingerprint density at radius 3 is 3.06 bits per heavy atom. The van der Waals surface area contributed by atoms with Crippen LogP contribution in [0.15, 0.2) is 24.3 Å². The van der Waals surface area contributed by atoms with Crippen LogP contribution in [-0.2, 0) is 16.0 Å². The molecule has 0 bridgehead atoms. The van der Waals surface area contributed by atoms with Crippen molar-refractivity contribution in [2.75, 3.05) is 11.4 Å². The zero-order chi connectivity index (χ0) is 12.7. The molecular formula is C13H14N2O3. The maximum atomic E-state index is 11.9. The molecule has 0 radical (unpaired) electrons. The van der Waals surface area contributed by atoms with Gasteiger partial charge in [0.15, 0.2) is 0 Å². The van der Waals surface area contributed by atoms with Gasteiger partial charge in [0.05, 0.1) is 18.3 Å². The Balaban J connectivity index is 1.82. The van der Waals surface area contributed by atoms with Gasteiger partial charge in [-0.15, -0.1) is 0 Å². The van der Waals surface area contributed by atoms with E-state index in [1.54, 1.807) is 4.90 Å². The van der Waals surface area contributed by atoms with E-state index in [4.69, 9.17) is 4.74 Å². The van der Waals surface area contributed by atoms with E-state index in [1.807, 2.05) is 24.3 Å². The average molecular weight is 246 g/mol. The van der Waals surface area contributed by atoms with Crippen LogP contribution in [0.3, 0.4) is 0 Å². The largest absolute Gasteiger partial charge is 0.442 e. The van der Waals surface area contributed by atoms with Crippen molar-refractivity contribution in [1.29, 1.82) is 0 Å². The van der Waals surface area contributed by atoms with Crippen molar-refractivity contribution in [3.63, 3.8) is 0 Å². The zero-order valence-corrected chi connectivity index (χ0v) is 10.1. The molecule has 0 unspecified atom stereocenters. The molecule has 2 aliphatic rings. The highest BCUT2D eigenvalue weighted by atomic mass is 16.6. The highest BCUT2D eigenvalue weighted by Gasteiger charge is 2.47. The van der Waals surface area contributed by atoms with Gasteiger partial charge in [0.1, 0.15) is 6.10 Å². The number of hydrogen-bond donors (Lipinski definition) is 1. The Bertz CT molecular complexity index is 515. The summed E-state index contributed by atoms with van der Waals surface area (Å²) in [4.78, 5) is 24.5. The molecule has 0 aliphatic carbocycles. The molecule has 3 rings (SSSR count). The summed E-state index contributed by atoms with van der Waals surface area (Å²) in [5.74, 6) is -0.111. The predicted molar refractivity (Wildman–Crippen MR) is 65.4 cm³/mol. The first-order chi connectivity index (χ1) is 8.66. The number of benzene rings is 1. The van der Waals surface area contributed by atoms with Crippen LogP contribution in [0.1, 0.15) is 12.5 Å². The predicted octanol–water partition coefficient (Wildman–Crippen LogP) is 1.07. The van der Waals surface area contributed by atoms with Crippen molar-refractivity contribution < 1.29 is 14.3 Å². The minimum absolute atomic E-state index is 0.00162. The Morgan fingerprint density at radius 2 is 2.28 bits per heavy atom. The lowest BCUT2D eigenvalue weighted by Gasteiger charge is -2.16. The molecule has 1 N–H and O–H groups in total. The number of carbonyl (C=O) groups excluding carboxylic acids is 2. The molecular weight excluding hydrogens is 232 g/mol. The maximum Gasteiger partial charge on any atom is 0.415 e. The third-order valence-corrected chi connectivity index (χ3v) is 3.44. The number of rotatable bonds is 2. The van der Waals surface area contributed by atoms with Crippen LogP contribution in [0.2, 0.25) is 0 Å². The molecule has 1 aromatic rings. The number of para-hydroxylation sites is 1. The van der Waals surface area contributed by atoms with Gasteiger partial charge in [0, 0.05) is 6.92 Å². The van der Waals surface area contributed by atoms with Gasteiger partial charge in [-0.05, 0) is 18.1 Å². The normalized spacial score (nSPS) is 24.5. The molecule has 2 aliphatic heterocycles. The van der Waals surface area contributed by atoms with Crippen molar-refractivity contribution in [3.05, 3.63) is 29.8 Å². The first-order valence-electron chi connectivity index (χ1n) is 5.99. The minimum atomic E-state index is -0.319. The first kappa shape index (κ1) is 11.1. The van der Waals surface area contributed by atoms with E-state index in [0.717, 1.165) is 17.7 Å². The molecule has 18 heavy (non-hydrogen) atoms. The van der Waals surface area contributed by atoms with E-state index in [9.17, 15) is 9.59 Å². The summed E-state index contributed by atoms with van der Waals surface area (Å²) in [7, 11) is 0. The standard InChI is InChI=1S/C13H14N2O3/c1-8(16)14-7-12-11-6-9-4-2-3-5-10(9)15(11)13(17)18-12/h2-5,11-12H,6-7H2,1H3,(H,14,16)/t11-,12+/m1/s1. The van der Waals surface area contributed by atoms with E-state index in [2.05, 4.69) is 5.32 Å². The first-order valence-corrected chi connectivity index (χ1v) is 5.99. The van der Waals surface area contributed by atoms with Crippen LogP contribution in [-0.4, -0.2) is 30.7 Å². The molecule has 1 aromatic carbocycles. The summed E-state index contributed by atoms with van der Waals surface area (Å²) in [6.07, 6.45) is 0.195. The number of nitrogens with zero attached hydrogens (tertiary/aromatic N) is 1. The van der Waals surface area contributed by atoms with Crippen molar-refractivity contribution in [2.24, 2.45) is 0 Å². The molecule has 2 amide bonds. The lowest BCUT2D eigenvalue weighted by molar-refractivity contribution is -0.119. The number of hydrogen-bond acceptors (Lipinski definition) is 3. The van der Waals surface area contributed by atoms with E-state index in [0.29, 0.717) is 6.54 Å². The van der Waals surface area contributed by atoms with Gasteiger partial charge in [-0.2, -0.15) is 0 Å².